The summed E-state index contributed by atoms with van der Waals surface area (Å²) in [6.07, 6.45) is 0. The van der Waals surface area contributed by atoms with Gasteiger partial charge in [-0.1, -0.05) is 5.10 Å². The molecule has 0 saturated carbocycles. The van der Waals surface area contributed by atoms with E-state index in [4.69, 9.17) is 16.0 Å². The number of alkyl halides is 1. The first-order valence-electron chi connectivity index (χ1n) is 6.40. The Bertz CT molecular complexity index is 566. The quantitative estimate of drug-likeness (QED) is 0.813. The van der Waals surface area contributed by atoms with Crippen LogP contribution < -0.4 is 9.80 Å². The molecule has 106 valence electrons. The first-order chi connectivity index (χ1) is 9.76. The summed E-state index contributed by atoms with van der Waals surface area (Å²) >= 11 is 5.64. The normalized spacial score (nSPS) is 15.7. The summed E-state index contributed by atoms with van der Waals surface area (Å²) in [7, 11) is 0. The van der Waals surface area contributed by atoms with Gasteiger partial charge in [0.25, 0.3) is 0 Å². The maximum absolute atomic E-state index is 12.9. The van der Waals surface area contributed by atoms with Crippen molar-refractivity contribution in [2.75, 3.05) is 36.0 Å². The van der Waals surface area contributed by atoms with Gasteiger partial charge in [-0.2, -0.15) is 0 Å². The summed E-state index contributed by atoms with van der Waals surface area (Å²) in [4.78, 5) is 4.23. The van der Waals surface area contributed by atoms with E-state index in [9.17, 15) is 4.39 Å². The predicted molar refractivity (Wildman–Crippen MR) is 74.7 cm³/mol. The van der Waals surface area contributed by atoms with Gasteiger partial charge in [0.15, 0.2) is 0 Å². The zero-order valence-corrected chi connectivity index (χ0v) is 11.6. The Morgan fingerprint density at radius 3 is 2.30 bits per heavy atom. The maximum atomic E-state index is 12.9. The van der Waals surface area contributed by atoms with Crippen molar-refractivity contribution in [2.45, 2.75) is 5.88 Å². The van der Waals surface area contributed by atoms with E-state index in [2.05, 4.69) is 15.1 Å². The highest BCUT2D eigenvalue weighted by molar-refractivity contribution is 6.16. The molecule has 1 saturated heterocycles. The first kappa shape index (κ1) is 13.2. The number of piperazine rings is 1. The van der Waals surface area contributed by atoms with Crippen LogP contribution in [-0.2, 0) is 5.88 Å². The number of hydrogen-bond acceptors (Lipinski definition) is 5. The van der Waals surface area contributed by atoms with E-state index in [-0.39, 0.29) is 11.7 Å². The van der Waals surface area contributed by atoms with Crippen molar-refractivity contribution >= 4 is 23.3 Å². The summed E-state index contributed by atoms with van der Waals surface area (Å²) in [5, 5.41) is 7.83. The molecule has 0 amide bonds. The largest absolute Gasteiger partial charge is 0.407 e. The molecule has 0 atom stereocenters. The Hall–Kier alpha value is -1.82. The van der Waals surface area contributed by atoms with Crippen molar-refractivity contribution in [2.24, 2.45) is 0 Å². The Kier molecular flexibility index (Phi) is 3.73. The fourth-order valence-corrected chi connectivity index (χ4v) is 2.34. The molecule has 2 heterocycles. The predicted octanol–water partition coefficient (Wildman–Crippen LogP) is 2.27. The lowest BCUT2D eigenvalue weighted by atomic mass is 10.2. The van der Waals surface area contributed by atoms with Gasteiger partial charge >= 0.3 is 6.01 Å². The number of hydrogen-bond donors (Lipinski definition) is 0. The maximum Gasteiger partial charge on any atom is 0.318 e. The van der Waals surface area contributed by atoms with Crippen LogP contribution >= 0.6 is 11.6 Å². The van der Waals surface area contributed by atoms with Crippen molar-refractivity contribution in [3.8, 4) is 0 Å². The number of aromatic nitrogens is 2. The molecule has 0 unspecified atom stereocenters. The van der Waals surface area contributed by atoms with Gasteiger partial charge in [-0.05, 0) is 24.3 Å². The van der Waals surface area contributed by atoms with Crippen molar-refractivity contribution in [1.29, 1.82) is 0 Å². The van der Waals surface area contributed by atoms with E-state index >= 15 is 0 Å². The van der Waals surface area contributed by atoms with Crippen LogP contribution in [-0.4, -0.2) is 36.4 Å². The summed E-state index contributed by atoms with van der Waals surface area (Å²) in [6.45, 7) is 3.21. The van der Waals surface area contributed by atoms with Crippen LogP contribution in [0.1, 0.15) is 5.89 Å². The second kappa shape index (κ2) is 5.66. The standard InChI is InChI=1S/C13H14ClFN4O/c14-9-12-16-17-13(20-12)19-7-5-18(6-8-19)11-3-1-10(15)2-4-11/h1-4H,5-9H2. The van der Waals surface area contributed by atoms with Gasteiger partial charge in [-0.15, -0.1) is 16.7 Å². The molecule has 7 heteroatoms. The highest BCUT2D eigenvalue weighted by atomic mass is 35.5. The average Bonchev–Trinajstić information content (AvgIpc) is 2.97. The monoisotopic (exact) mass is 296 g/mol. The fraction of sp³-hybridized carbons (Fsp3) is 0.385. The van der Waals surface area contributed by atoms with Crippen molar-refractivity contribution in [1.82, 2.24) is 10.2 Å². The molecular weight excluding hydrogens is 283 g/mol. The van der Waals surface area contributed by atoms with E-state index in [1.807, 2.05) is 4.90 Å². The zero-order chi connectivity index (χ0) is 13.9. The van der Waals surface area contributed by atoms with Gasteiger partial charge < -0.3 is 14.2 Å². The van der Waals surface area contributed by atoms with E-state index in [1.165, 1.54) is 12.1 Å². The van der Waals surface area contributed by atoms with Crippen LogP contribution in [0.5, 0.6) is 0 Å². The van der Waals surface area contributed by atoms with Crippen molar-refractivity contribution in [3.63, 3.8) is 0 Å². The molecular formula is C13H14ClFN4O. The Labute approximate surface area is 120 Å². The van der Waals surface area contributed by atoms with Gasteiger partial charge in [0.2, 0.25) is 5.89 Å². The van der Waals surface area contributed by atoms with Gasteiger partial charge in [0.05, 0.1) is 0 Å². The van der Waals surface area contributed by atoms with Crippen LogP contribution in [0.4, 0.5) is 16.1 Å². The lowest BCUT2D eigenvalue weighted by Gasteiger charge is -2.35. The third-order valence-corrected chi connectivity index (χ3v) is 3.54. The molecule has 1 aromatic heterocycles. The second-order valence-corrected chi connectivity index (χ2v) is 4.83. The van der Waals surface area contributed by atoms with Crippen LogP contribution in [0.15, 0.2) is 28.7 Å². The smallest absolute Gasteiger partial charge is 0.318 e. The van der Waals surface area contributed by atoms with Crippen LogP contribution in [0.2, 0.25) is 0 Å². The minimum atomic E-state index is -0.216. The second-order valence-electron chi connectivity index (χ2n) is 4.56. The van der Waals surface area contributed by atoms with Crippen LogP contribution in [0.3, 0.4) is 0 Å². The molecule has 1 aliphatic heterocycles. The minimum absolute atomic E-state index is 0.216. The molecule has 0 radical (unpaired) electrons. The van der Waals surface area contributed by atoms with Crippen LogP contribution in [0, 0.1) is 5.82 Å². The van der Waals surface area contributed by atoms with Crippen LogP contribution in [0.25, 0.3) is 0 Å². The Morgan fingerprint density at radius 1 is 1.05 bits per heavy atom. The van der Waals surface area contributed by atoms with E-state index in [0.717, 1.165) is 31.9 Å². The number of nitrogens with zero attached hydrogens (tertiary/aromatic N) is 4. The first-order valence-corrected chi connectivity index (χ1v) is 6.93. The molecule has 3 rings (SSSR count). The Morgan fingerprint density at radius 2 is 1.70 bits per heavy atom. The molecule has 1 aliphatic rings. The number of halogens is 2. The third kappa shape index (κ3) is 2.70. The molecule has 1 fully saturated rings. The van der Waals surface area contributed by atoms with Crippen molar-refractivity contribution in [3.05, 3.63) is 36.0 Å². The van der Waals surface area contributed by atoms with Gasteiger partial charge in [-0.25, -0.2) is 4.39 Å². The third-order valence-electron chi connectivity index (χ3n) is 3.31. The van der Waals surface area contributed by atoms with Gasteiger partial charge in [0, 0.05) is 31.9 Å². The summed E-state index contributed by atoms with van der Waals surface area (Å²) in [5.41, 5.74) is 1.03. The molecule has 0 bridgehead atoms. The van der Waals surface area contributed by atoms with E-state index in [0.29, 0.717) is 11.9 Å². The molecule has 1 aromatic carbocycles. The Balaban J connectivity index is 1.63. The topological polar surface area (TPSA) is 45.4 Å². The molecule has 5 nitrogen and oxygen atoms in total. The van der Waals surface area contributed by atoms with Gasteiger partial charge in [-0.3, -0.25) is 0 Å². The zero-order valence-electron chi connectivity index (χ0n) is 10.8. The summed E-state index contributed by atoms with van der Waals surface area (Å²) in [5.74, 6) is 0.442. The molecule has 20 heavy (non-hydrogen) atoms. The SMILES string of the molecule is Fc1ccc(N2CCN(c3nnc(CCl)o3)CC2)cc1. The van der Waals surface area contributed by atoms with Crippen molar-refractivity contribution < 1.29 is 8.81 Å². The highest BCUT2D eigenvalue weighted by Gasteiger charge is 2.21. The molecule has 0 spiro atoms. The molecule has 0 aliphatic carbocycles. The van der Waals surface area contributed by atoms with E-state index in [1.54, 1.807) is 12.1 Å². The number of anilines is 2. The number of benzene rings is 1. The minimum Gasteiger partial charge on any atom is -0.407 e. The lowest BCUT2D eigenvalue weighted by Crippen LogP contribution is -2.46. The van der Waals surface area contributed by atoms with E-state index < -0.39 is 0 Å². The summed E-state index contributed by atoms with van der Waals surface area (Å²) in [6, 6.07) is 7.06. The highest BCUT2D eigenvalue weighted by Crippen LogP contribution is 2.20. The number of rotatable bonds is 3. The van der Waals surface area contributed by atoms with Gasteiger partial charge in [0.1, 0.15) is 11.7 Å². The molecule has 0 N–H and O–H groups in total. The fourth-order valence-electron chi connectivity index (χ4n) is 2.23. The average molecular weight is 297 g/mol. The molecule has 2 aromatic rings. The lowest BCUT2D eigenvalue weighted by molar-refractivity contribution is 0.488. The summed E-state index contributed by atoms with van der Waals surface area (Å²) < 4.78 is 18.3.